The van der Waals surface area contributed by atoms with Gasteiger partial charge in [-0.3, -0.25) is 0 Å². The minimum absolute atomic E-state index is 0.364. The van der Waals surface area contributed by atoms with Crippen LogP contribution in [0, 0.1) is 6.92 Å². The predicted octanol–water partition coefficient (Wildman–Crippen LogP) is 3.12. The molecule has 0 atom stereocenters. The minimum atomic E-state index is 0.364. The van der Waals surface area contributed by atoms with E-state index in [-0.39, 0.29) is 0 Å². The van der Waals surface area contributed by atoms with Crippen molar-refractivity contribution in [2.24, 2.45) is 0 Å². The third-order valence-corrected chi connectivity index (χ3v) is 1.77. The molecule has 0 aliphatic carbocycles. The Morgan fingerprint density at radius 1 is 1.42 bits per heavy atom. The van der Waals surface area contributed by atoms with Gasteiger partial charge in [0.1, 0.15) is 5.75 Å². The zero-order valence-corrected chi connectivity index (χ0v) is 7.54. The molecule has 0 saturated heterocycles. The second-order valence-electron chi connectivity index (χ2n) is 2.86. The van der Waals surface area contributed by atoms with Gasteiger partial charge in [0.25, 0.3) is 0 Å². The third-order valence-electron chi connectivity index (χ3n) is 1.77. The summed E-state index contributed by atoms with van der Waals surface area (Å²) in [6.45, 7) is 4.00. The SMILES string of the molecule is CCC=Cc1ccc(O)c(C)c1. The molecule has 0 heterocycles. The summed E-state index contributed by atoms with van der Waals surface area (Å²) >= 11 is 0. The number of hydrogen-bond acceptors (Lipinski definition) is 1. The Hall–Kier alpha value is -1.24. The number of phenols is 1. The summed E-state index contributed by atoms with van der Waals surface area (Å²) in [6.07, 6.45) is 5.21. The summed E-state index contributed by atoms with van der Waals surface area (Å²) < 4.78 is 0. The van der Waals surface area contributed by atoms with Crippen molar-refractivity contribution < 1.29 is 5.11 Å². The van der Waals surface area contributed by atoms with Crippen molar-refractivity contribution in [3.63, 3.8) is 0 Å². The van der Waals surface area contributed by atoms with Crippen LogP contribution in [0.4, 0.5) is 0 Å². The highest BCUT2D eigenvalue weighted by atomic mass is 16.3. The van der Waals surface area contributed by atoms with Gasteiger partial charge in [-0.05, 0) is 36.6 Å². The van der Waals surface area contributed by atoms with E-state index in [0.717, 1.165) is 17.5 Å². The predicted molar refractivity (Wildman–Crippen MR) is 52.2 cm³/mol. The molecule has 1 nitrogen and oxygen atoms in total. The van der Waals surface area contributed by atoms with Crippen molar-refractivity contribution in [2.75, 3.05) is 0 Å². The molecule has 0 fully saturated rings. The lowest BCUT2D eigenvalue weighted by Gasteiger charge is -1.98. The largest absolute Gasteiger partial charge is 0.508 e. The lowest BCUT2D eigenvalue weighted by atomic mass is 10.1. The first-order valence-corrected chi connectivity index (χ1v) is 4.20. The quantitative estimate of drug-likeness (QED) is 0.708. The van der Waals surface area contributed by atoms with Crippen molar-refractivity contribution in [3.8, 4) is 5.75 Å². The van der Waals surface area contributed by atoms with Crippen LogP contribution in [-0.2, 0) is 0 Å². The molecular weight excluding hydrogens is 148 g/mol. The monoisotopic (exact) mass is 162 g/mol. The van der Waals surface area contributed by atoms with Crippen LogP contribution in [0.3, 0.4) is 0 Å². The summed E-state index contributed by atoms with van der Waals surface area (Å²) in [6, 6.07) is 5.61. The van der Waals surface area contributed by atoms with Gasteiger partial charge in [-0.1, -0.05) is 25.1 Å². The summed E-state index contributed by atoms with van der Waals surface area (Å²) in [4.78, 5) is 0. The van der Waals surface area contributed by atoms with Gasteiger partial charge in [-0.15, -0.1) is 0 Å². The Bertz CT molecular complexity index is 287. The molecular formula is C11H14O. The Balaban J connectivity index is 2.89. The van der Waals surface area contributed by atoms with Crippen LogP contribution in [0.2, 0.25) is 0 Å². The van der Waals surface area contributed by atoms with E-state index >= 15 is 0 Å². The molecule has 0 radical (unpaired) electrons. The molecule has 1 aromatic carbocycles. The van der Waals surface area contributed by atoms with Gasteiger partial charge in [-0.25, -0.2) is 0 Å². The van der Waals surface area contributed by atoms with Crippen molar-refractivity contribution in [1.82, 2.24) is 0 Å². The molecule has 0 saturated carbocycles. The van der Waals surface area contributed by atoms with Gasteiger partial charge in [0, 0.05) is 0 Å². The standard InChI is InChI=1S/C11H14O/c1-3-4-5-10-6-7-11(12)9(2)8-10/h4-8,12H,3H2,1-2H3. The molecule has 12 heavy (non-hydrogen) atoms. The van der Waals surface area contributed by atoms with E-state index in [1.165, 1.54) is 0 Å². The average Bonchev–Trinajstić information content (AvgIpc) is 2.07. The molecule has 0 aromatic heterocycles. The van der Waals surface area contributed by atoms with Crippen molar-refractivity contribution in [1.29, 1.82) is 0 Å². The zero-order chi connectivity index (χ0) is 8.97. The smallest absolute Gasteiger partial charge is 0.118 e. The Labute approximate surface area is 73.4 Å². The number of aromatic hydroxyl groups is 1. The Morgan fingerprint density at radius 3 is 2.75 bits per heavy atom. The summed E-state index contributed by atoms with van der Waals surface area (Å²) in [5, 5.41) is 9.25. The number of phenolic OH excluding ortho intramolecular Hbond substituents is 1. The van der Waals surface area contributed by atoms with Gasteiger partial charge in [0.15, 0.2) is 0 Å². The second-order valence-corrected chi connectivity index (χ2v) is 2.86. The van der Waals surface area contributed by atoms with E-state index < -0.39 is 0 Å². The highest BCUT2D eigenvalue weighted by Crippen LogP contribution is 2.17. The molecule has 0 unspecified atom stereocenters. The van der Waals surface area contributed by atoms with Crippen LogP contribution < -0.4 is 0 Å². The highest BCUT2D eigenvalue weighted by molar-refractivity contribution is 5.52. The van der Waals surface area contributed by atoms with Crippen molar-refractivity contribution >= 4 is 6.08 Å². The van der Waals surface area contributed by atoms with E-state index in [1.54, 1.807) is 6.07 Å². The van der Waals surface area contributed by atoms with E-state index in [2.05, 4.69) is 19.1 Å². The number of allylic oxidation sites excluding steroid dienone is 1. The zero-order valence-electron chi connectivity index (χ0n) is 7.54. The number of benzene rings is 1. The number of aryl methyl sites for hydroxylation is 1. The van der Waals surface area contributed by atoms with E-state index in [4.69, 9.17) is 0 Å². The second kappa shape index (κ2) is 3.96. The van der Waals surface area contributed by atoms with Crippen LogP contribution in [0.25, 0.3) is 6.08 Å². The van der Waals surface area contributed by atoms with Gasteiger partial charge in [-0.2, -0.15) is 0 Å². The molecule has 1 aromatic rings. The van der Waals surface area contributed by atoms with Gasteiger partial charge < -0.3 is 5.11 Å². The number of hydrogen-bond donors (Lipinski definition) is 1. The maximum Gasteiger partial charge on any atom is 0.118 e. The topological polar surface area (TPSA) is 20.2 Å². The molecule has 1 N–H and O–H groups in total. The van der Waals surface area contributed by atoms with Crippen LogP contribution in [0.15, 0.2) is 24.3 Å². The van der Waals surface area contributed by atoms with Crippen molar-refractivity contribution in [2.45, 2.75) is 20.3 Å². The van der Waals surface area contributed by atoms with E-state index in [9.17, 15) is 5.11 Å². The molecule has 1 heteroatoms. The van der Waals surface area contributed by atoms with Crippen molar-refractivity contribution in [3.05, 3.63) is 35.4 Å². The van der Waals surface area contributed by atoms with Gasteiger partial charge in [0.2, 0.25) is 0 Å². The van der Waals surface area contributed by atoms with Gasteiger partial charge in [0.05, 0.1) is 0 Å². The lowest BCUT2D eigenvalue weighted by Crippen LogP contribution is -1.76. The first-order valence-electron chi connectivity index (χ1n) is 4.20. The average molecular weight is 162 g/mol. The van der Waals surface area contributed by atoms with Crippen LogP contribution in [0.5, 0.6) is 5.75 Å². The number of rotatable bonds is 2. The molecule has 0 aliphatic heterocycles. The molecule has 0 bridgehead atoms. The fourth-order valence-electron chi connectivity index (χ4n) is 1.04. The fourth-order valence-corrected chi connectivity index (χ4v) is 1.04. The summed E-state index contributed by atoms with van der Waals surface area (Å²) in [5.74, 6) is 0.364. The van der Waals surface area contributed by atoms with E-state index in [1.807, 2.05) is 19.1 Å². The summed E-state index contributed by atoms with van der Waals surface area (Å²) in [7, 11) is 0. The van der Waals surface area contributed by atoms with Gasteiger partial charge >= 0.3 is 0 Å². The molecule has 0 aliphatic rings. The maximum absolute atomic E-state index is 9.25. The highest BCUT2D eigenvalue weighted by Gasteiger charge is 1.93. The molecule has 0 spiro atoms. The fraction of sp³-hybridized carbons (Fsp3) is 0.273. The van der Waals surface area contributed by atoms with Crippen LogP contribution in [-0.4, -0.2) is 5.11 Å². The summed E-state index contributed by atoms with van der Waals surface area (Å²) in [5.41, 5.74) is 2.07. The molecule has 1 rings (SSSR count). The van der Waals surface area contributed by atoms with E-state index in [0.29, 0.717) is 5.75 Å². The normalized spacial score (nSPS) is 10.8. The maximum atomic E-state index is 9.25. The first kappa shape index (κ1) is 8.85. The lowest BCUT2D eigenvalue weighted by molar-refractivity contribution is 0.471. The molecule has 0 amide bonds. The minimum Gasteiger partial charge on any atom is -0.508 e. The Morgan fingerprint density at radius 2 is 2.17 bits per heavy atom. The molecule has 64 valence electrons. The first-order chi connectivity index (χ1) is 5.74. The Kier molecular flexibility index (Phi) is 2.92. The van der Waals surface area contributed by atoms with Crippen LogP contribution >= 0.6 is 0 Å². The third kappa shape index (κ3) is 2.12. The van der Waals surface area contributed by atoms with Crippen LogP contribution in [0.1, 0.15) is 24.5 Å².